The van der Waals surface area contributed by atoms with E-state index in [0.717, 1.165) is 6.04 Å². The first kappa shape index (κ1) is 11.4. The Balaban J connectivity index is 2.07. The Morgan fingerprint density at radius 2 is 2.00 bits per heavy atom. The standard InChI is InChI=1S/C11H23NS/c1-3-13-9-10(2)12-11-7-5-4-6-8-11/h10-12H,3-9H2,1-2H3. The fraction of sp³-hybridized carbons (Fsp3) is 1.00. The molecule has 78 valence electrons. The van der Waals surface area contributed by atoms with Gasteiger partial charge in [-0.25, -0.2) is 0 Å². The Morgan fingerprint density at radius 1 is 1.31 bits per heavy atom. The van der Waals surface area contributed by atoms with E-state index in [4.69, 9.17) is 0 Å². The zero-order valence-electron chi connectivity index (χ0n) is 9.01. The molecule has 0 bridgehead atoms. The molecule has 1 rings (SSSR count). The van der Waals surface area contributed by atoms with Crippen molar-refractivity contribution in [1.82, 2.24) is 5.32 Å². The van der Waals surface area contributed by atoms with E-state index in [1.165, 1.54) is 43.6 Å². The molecule has 0 aromatic carbocycles. The van der Waals surface area contributed by atoms with Crippen LogP contribution in [0.1, 0.15) is 46.0 Å². The highest BCUT2D eigenvalue weighted by Crippen LogP contribution is 2.18. The van der Waals surface area contributed by atoms with Gasteiger partial charge in [-0.2, -0.15) is 11.8 Å². The molecule has 1 atom stereocenters. The van der Waals surface area contributed by atoms with Crippen molar-refractivity contribution >= 4 is 11.8 Å². The van der Waals surface area contributed by atoms with E-state index in [0.29, 0.717) is 6.04 Å². The van der Waals surface area contributed by atoms with Gasteiger partial charge in [0.15, 0.2) is 0 Å². The lowest BCUT2D eigenvalue weighted by molar-refractivity contribution is 0.353. The minimum atomic E-state index is 0.702. The van der Waals surface area contributed by atoms with E-state index in [9.17, 15) is 0 Å². The van der Waals surface area contributed by atoms with Gasteiger partial charge in [0, 0.05) is 17.8 Å². The van der Waals surface area contributed by atoms with Crippen LogP contribution in [0.2, 0.25) is 0 Å². The van der Waals surface area contributed by atoms with Gasteiger partial charge >= 0.3 is 0 Å². The summed E-state index contributed by atoms with van der Waals surface area (Å²) in [6, 6.07) is 1.52. The Labute approximate surface area is 87.1 Å². The predicted octanol–water partition coefficient (Wildman–Crippen LogP) is 3.05. The minimum absolute atomic E-state index is 0.702. The van der Waals surface area contributed by atoms with Crippen LogP contribution in [0.4, 0.5) is 0 Å². The summed E-state index contributed by atoms with van der Waals surface area (Å²) in [5.74, 6) is 2.52. The summed E-state index contributed by atoms with van der Waals surface area (Å²) in [4.78, 5) is 0. The van der Waals surface area contributed by atoms with Crippen LogP contribution in [0.15, 0.2) is 0 Å². The van der Waals surface area contributed by atoms with Gasteiger partial charge in [0.1, 0.15) is 0 Å². The van der Waals surface area contributed by atoms with Crippen molar-refractivity contribution in [3.05, 3.63) is 0 Å². The van der Waals surface area contributed by atoms with Crippen LogP contribution in [-0.2, 0) is 0 Å². The van der Waals surface area contributed by atoms with Gasteiger partial charge in [-0.15, -0.1) is 0 Å². The van der Waals surface area contributed by atoms with Crippen LogP contribution >= 0.6 is 11.8 Å². The molecule has 2 heteroatoms. The van der Waals surface area contributed by atoms with Crippen LogP contribution in [0.25, 0.3) is 0 Å². The lowest BCUT2D eigenvalue weighted by Crippen LogP contribution is -2.39. The van der Waals surface area contributed by atoms with E-state index in [-0.39, 0.29) is 0 Å². The van der Waals surface area contributed by atoms with E-state index in [1.54, 1.807) is 0 Å². The first-order valence-corrected chi connectivity index (χ1v) is 6.82. The van der Waals surface area contributed by atoms with Crippen molar-refractivity contribution in [3.63, 3.8) is 0 Å². The summed E-state index contributed by atoms with van der Waals surface area (Å²) in [5.41, 5.74) is 0. The Morgan fingerprint density at radius 3 is 2.62 bits per heavy atom. The van der Waals surface area contributed by atoms with Gasteiger partial charge in [0.25, 0.3) is 0 Å². The highest BCUT2D eigenvalue weighted by Gasteiger charge is 2.14. The molecule has 1 saturated carbocycles. The molecule has 0 radical (unpaired) electrons. The van der Waals surface area contributed by atoms with Gasteiger partial charge in [-0.3, -0.25) is 0 Å². The maximum absolute atomic E-state index is 3.73. The molecule has 1 aliphatic carbocycles. The largest absolute Gasteiger partial charge is 0.311 e. The molecule has 1 aliphatic rings. The smallest absolute Gasteiger partial charge is 0.0132 e. The monoisotopic (exact) mass is 201 g/mol. The van der Waals surface area contributed by atoms with Gasteiger partial charge < -0.3 is 5.32 Å². The molecule has 1 unspecified atom stereocenters. The fourth-order valence-electron chi connectivity index (χ4n) is 2.01. The van der Waals surface area contributed by atoms with Crippen LogP contribution in [0.3, 0.4) is 0 Å². The zero-order chi connectivity index (χ0) is 9.52. The van der Waals surface area contributed by atoms with E-state index < -0.39 is 0 Å². The van der Waals surface area contributed by atoms with Crippen molar-refractivity contribution in [2.45, 2.75) is 58.0 Å². The molecule has 0 heterocycles. The number of rotatable bonds is 5. The second-order valence-corrected chi connectivity index (χ2v) is 5.38. The summed E-state index contributed by atoms with van der Waals surface area (Å²) in [6.45, 7) is 4.55. The third-order valence-corrected chi connectivity index (χ3v) is 3.84. The van der Waals surface area contributed by atoms with E-state index in [2.05, 4.69) is 19.2 Å². The highest BCUT2D eigenvalue weighted by atomic mass is 32.2. The SMILES string of the molecule is CCSCC(C)NC1CCCCC1. The molecule has 0 spiro atoms. The van der Waals surface area contributed by atoms with Gasteiger partial charge in [0.2, 0.25) is 0 Å². The maximum Gasteiger partial charge on any atom is 0.0132 e. The van der Waals surface area contributed by atoms with Gasteiger partial charge in [0.05, 0.1) is 0 Å². The molecule has 0 aromatic heterocycles. The maximum atomic E-state index is 3.73. The first-order chi connectivity index (χ1) is 6.33. The lowest BCUT2D eigenvalue weighted by atomic mass is 9.95. The van der Waals surface area contributed by atoms with Crippen molar-refractivity contribution in [1.29, 1.82) is 0 Å². The molecule has 0 aromatic rings. The van der Waals surface area contributed by atoms with Crippen molar-refractivity contribution in [2.24, 2.45) is 0 Å². The Bertz CT molecular complexity index is 121. The predicted molar refractivity (Wildman–Crippen MR) is 62.5 cm³/mol. The topological polar surface area (TPSA) is 12.0 Å². The average Bonchev–Trinajstić information content (AvgIpc) is 2.16. The zero-order valence-corrected chi connectivity index (χ0v) is 9.83. The van der Waals surface area contributed by atoms with Gasteiger partial charge in [-0.05, 0) is 25.5 Å². The average molecular weight is 201 g/mol. The summed E-state index contributed by atoms with van der Waals surface area (Å²) in [5, 5.41) is 3.73. The van der Waals surface area contributed by atoms with Crippen LogP contribution in [0.5, 0.6) is 0 Å². The molecule has 0 saturated heterocycles. The number of nitrogens with one attached hydrogen (secondary N) is 1. The molecular weight excluding hydrogens is 178 g/mol. The normalized spacial score (nSPS) is 21.7. The van der Waals surface area contributed by atoms with Crippen LogP contribution in [0, 0.1) is 0 Å². The van der Waals surface area contributed by atoms with Crippen molar-refractivity contribution < 1.29 is 0 Å². The fourth-order valence-corrected chi connectivity index (χ4v) is 2.70. The molecule has 13 heavy (non-hydrogen) atoms. The third kappa shape index (κ3) is 4.92. The van der Waals surface area contributed by atoms with Gasteiger partial charge in [-0.1, -0.05) is 26.2 Å². The quantitative estimate of drug-likeness (QED) is 0.734. The second-order valence-electron chi connectivity index (χ2n) is 4.06. The van der Waals surface area contributed by atoms with Crippen molar-refractivity contribution in [2.75, 3.05) is 11.5 Å². The van der Waals surface area contributed by atoms with E-state index in [1.807, 2.05) is 11.8 Å². The number of hydrogen-bond acceptors (Lipinski definition) is 2. The lowest BCUT2D eigenvalue weighted by Gasteiger charge is -2.26. The molecule has 1 fully saturated rings. The number of thioether (sulfide) groups is 1. The molecule has 1 N–H and O–H groups in total. The molecule has 0 amide bonds. The van der Waals surface area contributed by atoms with E-state index >= 15 is 0 Å². The Kier molecular flexibility index (Phi) is 5.88. The summed E-state index contributed by atoms with van der Waals surface area (Å²) in [6.07, 6.45) is 7.13. The molecule has 0 aliphatic heterocycles. The minimum Gasteiger partial charge on any atom is -0.311 e. The third-order valence-electron chi connectivity index (χ3n) is 2.70. The van der Waals surface area contributed by atoms with Crippen molar-refractivity contribution in [3.8, 4) is 0 Å². The first-order valence-electron chi connectivity index (χ1n) is 5.66. The molecule has 1 nitrogen and oxygen atoms in total. The summed E-state index contributed by atoms with van der Waals surface area (Å²) < 4.78 is 0. The number of hydrogen-bond donors (Lipinski definition) is 1. The van der Waals surface area contributed by atoms with Crippen LogP contribution < -0.4 is 5.32 Å². The second kappa shape index (κ2) is 6.72. The van der Waals surface area contributed by atoms with Crippen LogP contribution in [-0.4, -0.2) is 23.6 Å². The Hall–Kier alpha value is 0.310. The summed E-state index contributed by atoms with van der Waals surface area (Å²) >= 11 is 2.04. The highest BCUT2D eigenvalue weighted by molar-refractivity contribution is 7.99. The molecular formula is C11H23NS. The summed E-state index contributed by atoms with van der Waals surface area (Å²) in [7, 11) is 0.